The van der Waals surface area contributed by atoms with Crippen LogP contribution in [0.25, 0.3) is 12.7 Å². The molecule has 1 rings (SSSR count). The molecule has 1 aromatic heterocycles. The van der Waals surface area contributed by atoms with Crippen molar-refractivity contribution >= 4 is 24.0 Å². The van der Waals surface area contributed by atoms with E-state index in [9.17, 15) is 4.79 Å². The van der Waals surface area contributed by atoms with Gasteiger partial charge in [-0.1, -0.05) is 26.5 Å². The average Bonchev–Trinajstić information content (AvgIpc) is 2.31. The Kier molecular flexibility index (Phi) is 3.09. The van der Waals surface area contributed by atoms with Crippen molar-refractivity contribution in [2.45, 2.75) is 27.3 Å². The lowest BCUT2D eigenvalue weighted by atomic mass is 10.2. The van der Waals surface area contributed by atoms with Gasteiger partial charge in [-0.25, -0.2) is 0 Å². The van der Waals surface area contributed by atoms with E-state index in [4.69, 9.17) is 0 Å². The highest BCUT2D eigenvalue weighted by molar-refractivity contribution is 7.07. The maximum atomic E-state index is 11.7. The minimum absolute atomic E-state index is 0.103. The summed E-state index contributed by atoms with van der Waals surface area (Å²) in [5, 5.41) is 0. The van der Waals surface area contributed by atoms with Gasteiger partial charge >= 0.3 is 0 Å². The van der Waals surface area contributed by atoms with Crippen molar-refractivity contribution in [3.63, 3.8) is 0 Å². The molecule has 0 unspecified atom stereocenters. The van der Waals surface area contributed by atoms with Crippen molar-refractivity contribution in [3.8, 4) is 0 Å². The standard InChI is InChI=1S/C10H15NOS/c1-5-9-10(12)11(6-7(2)3)8(4)13-9/h5,7H,4,6H2,1-3H3/b9-5+. The molecule has 0 N–H and O–H groups in total. The zero-order valence-corrected chi connectivity index (χ0v) is 9.15. The quantitative estimate of drug-likeness (QED) is 0.686. The van der Waals surface area contributed by atoms with Crippen LogP contribution in [0.4, 0.5) is 0 Å². The number of thiazole rings is 1. The van der Waals surface area contributed by atoms with Crippen molar-refractivity contribution < 1.29 is 0 Å². The first kappa shape index (κ1) is 10.3. The third-order valence-electron chi connectivity index (χ3n) is 1.79. The minimum atomic E-state index is 0.103. The molecule has 0 aliphatic rings. The van der Waals surface area contributed by atoms with Gasteiger partial charge in [0.15, 0.2) is 0 Å². The number of hydrogen-bond acceptors (Lipinski definition) is 2. The second-order valence-corrected chi connectivity index (χ2v) is 4.57. The Hall–Kier alpha value is -0.830. The Morgan fingerprint density at radius 2 is 2.23 bits per heavy atom. The van der Waals surface area contributed by atoms with Crippen LogP contribution in [-0.2, 0) is 6.54 Å². The molecule has 0 atom stereocenters. The lowest BCUT2D eigenvalue weighted by Crippen LogP contribution is -2.32. The maximum absolute atomic E-state index is 11.7. The number of hydrogen-bond donors (Lipinski definition) is 0. The molecule has 0 aliphatic heterocycles. The third kappa shape index (κ3) is 2.10. The Morgan fingerprint density at radius 3 is 2.62 bits per heavy atom. The minimum Gasteiger partial charge on any atom is -0.299 e. The van der Waals surface area contributed by atoms with Crippen molar-refractivity contribution in [1.29, 1.82) is 0 Å². The topological polar surface area (TPSA) is 22.0 Å². The number of nitrogens with zero attached hydrogens (tertiary/aromatic N) is 1. The summed E-state index contributed by atoms with van der Waals surface area (Å²) >= 11 is 1.47. The highest BCUT2D eigenvalue weighted by atomic mass is 32.1. The zero-order chi connectivity index (χ0) is 10.0. The molecule has 0 radical (unpaired) electrons. The molecule has 0 saturated heterocycles. The van der Waals surface area contributed by atoms with E-state index >= 15 is 0 Å². The lowest BCUT2D eigenvalue weighted by molar-refractivity contribution is 0.509. The summed E-state index contributed by atoms with van der Waals surface area (Å²) in [5.74, 6) is 0.484. The summed E-state index contributed by atoms with van der Waals surface area (Å²) in [6.07, 6.45) is 1.85. The smallest absolute Gasteiger partial charge is 0.268 e. The first-order valence-electron chi connectivity index (χ1n) is 4.41. The monoisotopic (exact) mass is 197 g/mol. The van der Waals surface area contributed by atoms with E-state index in [2.05, 4.69) is 20.4 Å². The summed E-state index contributed by atoms with van der Waals surface area (Å²) < 4.78 is 3.41. The van der Waals surface area contributed by atoms with Crippen LogP contribution in [0.2, 0.25) is 0 Å². The number of rotatable bonds is 2. The van der Waals surface area contributed by atoms with Gasteiger partial charge in [-0.15, -0.1) is 11.3 Å². The van der Waals surface area contributed by atoms with Crippen LogP contribution in [-0.4, -0.2) is 4.57 Å². The van der Waals surface area contributed by atoms with Crippen LogP contribution in [0.3, 0.4) is 0 Å². The van der Waals surface area contributed by atoms with Gasteiger partial charge in [0.25, 0.3) is 5.56 Å². The first-order valence-corrected chi connectivity index (χ1v) is 5.22. The van der Waals surface area contributed by atoms with Gasteiger partial charge in [-0.3, -0.25) is 9.36 Å². The number of aromatic nitrogens is 1. The van der Waals surface area contributed by atoms with Crippen LogP contribution in [0.15, 0.2) is 4.79 Å². The van der Waals surface area contributed by atoms with Crippen LogP contribution in [0, 0.1) is 5.92 Å². The molecule has 0 bridgehead atoms. The summed E-state index contributed by atoms with van der Waals surface area (Å²) in [6, 6.07) is 0. The largest absolute Gasteiger partial charge is 0.299 e. The van der Waals surface area contributed by atoms with E-state index in [0.29, 0.717) is 5.92 Å². The van der Waals surface area contributed by atoms with E-state index in [1.165, 1.54) is 11.3 Å². The van der Waals surface area contributed by atoms with Crippen molar-refractivity contribution in [1.82, 2.24) is 4.57 Å². The van der Waals surface area contributed by atoms with E-state index in [1.54, 1.807) is 4.57 Å². The predicted octanol–water partition coefficient (Wildman–Crippen LogP) is 0.776. The van der Waals surface area contributed by atoms with E-state index in [1.807, 2.05) is 13.0 Å². The molecule has 3 heteroatoms. The molecule has 0 spiro atoms. The summed E-state index contributed by atoms with van der Waals surface area (Å²) in [5.41, 5.74) is 0.103. The zero-order valence-electron chi connectivity index (χ0n) is 8.33. The average molecular weight is 197 g/mol. The Labute approximate surface area is 81.8 Å². The van der Waals surface area contributed by atoms with Gasteiger partial charge in [0.2, 0.25) is 0 Å². The third-order valence-corrected chi connectivity index (χ3v) is 2.88. The molecule has 1 heterocycles. The molecule has 0 amide bonds. The molecule has 72 valence electrons. The fourth-order valence-corrected chi connectivity index (χ4v) is 2.04. The van der Waals surface area contributed by atoms with Gasteiger partial charge in [0.1, 0.15) is 0 Å². The molecule has 2 nitrogen and oxygen atoms in total. The van der Waals surface area contributed by atoms with Crippen molar-refractivity contribution in [3.05, 3.63) is 19.5 Å². The van der Waals surface area contributed by atoms with Gasteiger partial charge in [-0.05, 0) is 12.8 Å². The van der Waals surface area contributed by atoms with E-state index in [-0.39, 0.29) is 5.56 Å². The second kappa shape index (κ2) is 3.92. The van der Waals surface area contributed by atoms with Gasteiger partial charge < -0.3 is 0 Å². The first-order chi connectivity index (χ1) is 6.06. The fourth-order valence-electron chi connectivity index (χ4n) is 1.20. The van der Waals surface area contributed by atoms with Crippen molar-refractivity contribution in [2.75, 3.05) is 0 Å². The fraction of sp³-hybridized carbons (Fsp3) is 0.500. The molecule has 0 saturated carbocycles. The SMILES string of the molecule is C=c1s/c(=C/C)c(=O)n1CC(C)C. The Bertz CT molecular complexity index is 438. The lowest BCUT2D eigenvalue weighted by Gasteiger charge is -2.03. The van der Waals surface area contributed by atoms with E-state index in [0.717, 1.165) is 15.7 Å². The Morgan fingerprint density at radius 1 is 1.62 bits per heavy atom. The maximum Gasteiger partial charge on any atom is 0.268 e. The van der Waals surface area contributed by atoms with Crippen LogP contribution >= 0.6 is 11.3 Å². The summed E-state index contributed by atoms with van der Waals surface area (Å²) in [4.78, 5) is 11.7. The van der Waals surface area contributed by atoms with Crippen molar-refractivity contribution in [2.24, 2.45) is 5.92 Å². The van der Waals surface area contributed by atoms with Crippen LogP contribution in [0.1, 0.15) is 20.8 Å². The molecule has 0 fully saturated rings. The molecule has 13 heavy (non-hydrogen) atoms. The predicted molar refractivity (Wildman–Crippen MR) is 58.3 cm³/mol. The molecule has 0 aliphatic carbocycles. The highest BCUT2D eigenvalue weighted by Gasteiger charge is 2.03. The highest BCUT2D eigenvalue weighted by Crippen LogP contribution is 1.92. The normalized spacial score (nSPS) is 12.8. The summed E-state index contributed by atoms with van der Waals surface area (Å²) in [7, 11) is 0. The van der Waals surface area contributed by atoms with Crippen LogP contribution < -0.4 is 14.8 Å². The molecular weight excluding hydrogens is 182 g/mol. The van der Waals surface area contributed by atoms with Gasteiger partial charge in [0, 0.05) is 6.54 Å². The van der Waals surface area contributed by atoms with Gasteiger partial charge in [-0.2, -0.15) is 0 Å². The van der Waals surface area contributed by atoms with Crippen LogP contribution in [0.5, 0.6) is 0 Å². The molecule has 1 aromatic rings. The second-order valence-electron chi connectivity index (χ2n) is 3.46. The Balaban J connectivity index is 3.31. The summed E-state index contributed by atoms with van der Waals surface area (Å²) in [6.45, 7) is 10.7. The van der Waals surface area contributed by atoms with E-state index < -0.39 is 0 Å². The molecule has 0 aromatic carbocycles. The molecular formula is C10H15NOS. The van der Waals surface area contributed by atoms with Gasteiger partial charge in [0.05, 0.1) is 9.20 Å².